The van der Waals surface area contributed by atoms with Crippen LogP contribution in [0.5, 0.6) is 0 Å². The molecular formula is C12H20BrN3O. The van der Waals surface area contributed by atoms with Gasteiger partial charge in [0.15, 0.2) is 0 Å². The number of hydrogen-bond acceptors (Lipinski definition) is 2. The molecule has 0 bridgehead atoms. The molecular weight excluding hydrogens is 282 g/mol. The summed E-state index contributed by atoms with van der Waals surface area (Å²) in [5, 5.41) is 0. The van der Waals surface area contributed by atoms with E-state index in [1.807, 2.05) is 23.9 Å². The van der Waals surface area contributed by atoms with Crippen LogP contribution in [0.2, 0.25) is 0 Å². The number of aromatic nitrogens is 1. The summed E-state index contributed by atoms with van der Waals surface area (Å²) in [7, 11) is 1.81. The Morgan fingerprint density at radius 1 is 1.59 bits per heavy atom. The Balaban J connectivity index is 2.79. The van der Waals surface area contributed by atoms with Gasteiger partial charge in [-0.3, -0.25) is 4.79 Å². The van der Waals surface area contributed by atoms with Crippen molar-refractivity contribution in [1.82, 2.24) is 9.47 Å². The van der Waals surface area contributed by atoms with Gasteiger partial charge in [0.2, 0.25) is 0 Å². The minimum absolute atomic E-state index is 0.0533. The second-order valence-corrected chi connectivity index (χ2v) is 5.02. The van der Waals surface area contributed by atoms with Gasteiger partial charge in [0, 0.05) is 30.8 Å². The van der Waals surface area contributed by atoms with Gasteiger partial charge in [-0.2, -0.15) is 0 Å². The van der Waals surface area contributed by atoms with E-state index in [2.05, 4.69) is 22.9 Å². The highest BCUT2D eigenvalue weighted by atomic mass is 79.9. The summed E-state index contributed by atoms with van der Waals surface area (Å²) in [5.41, 5.74) is 6.18. The van der Waals surface area contributed by atoms with Crippen LogP contribution in [-0.2, 0) is 6.54 Å². The minimum Gasteiger partial charge on any atom is -0.342 e. The zero-order chi connectivity index (χ0) is 12.8. The van der Waals surface area contributed by atoms with E-state index in [1.54, 1.807) is 4.90 Å². The summed E-state index contributed by atoms with van der Waals surface area (Å²) in [6.45, 7) is 4.26. The third-order valence-electron chi connectivity index (χ3n) is 2.59. The molecule has 0 fully saturated rings. The van der Waals surface area contributed by atoms with E-state index in [9.17, 15) is 4.79 Å². The first-order valence-electron chi connectivity index (χ1n) is 5.91. The normalized spacial score (nSPS) is 10.6. The van der Waals surface area contributed by atoms with Gasteiger partial charge in [-0.1, -0.05) is 6.92 Å². The molecule has 1 heterocycles. The fourth-order valence-corrected chi connectivity index (χ4v) is 2.17. The Kier molecular flexibility index (Phi) is 5.71. The van der Waals surface area contributed by atoms with E-state index < -0.39 is 0 Å². The molecule has 17 heavy (non-hydrogen) atoms. The van der Waals surface area contributed by atoms with E-state index >= 15 is 0 Å². The Morgan fingerprint density at radius 3 is 2.88 bits per heavy atom. The molecule has 1 amide bonds. The largest absolute Gasteiger partial charge is 0.342 e. The number of halogens is 1. The van der Waals surface area contributed by atoms with Crippen molar-refractivity contribution in [2.45, 2.75) is 26.3 Å². The summed E-state index contributed by atoms with van der Waals surface area (Å²) in [5.74, 6) is 0.0533. The number of nitrogens with two attached hydrogens (primary N) is 1. The fraction of sp³-hybridized carbons (Fsp3) is 0.583. The topological polar surface area (TPSA) is 51.3 Å². The van der Waals surface area contributed by atoms with Gasteiger partial charge in [0.1, 0.15) is 5.69 Å². The third-order valence-corrected chi connectivity index (χ3v) is 3.02. The molecule has 0 radical (unpaired) electrons. The second kappa shape index (κ2) is 6.81. The molecule has 2 N–H and O–H groups in total. The fourth-order valence-electron chi connectivity index (χ4n) is 1.71. The maximum absolute atomic E-state index is 12.2. The standard InChI is InChI=1S/C12H20BrN3O/c1-3-6-16-9-10(13)8-11(16)12(17)15(2)7-4-5-14/h8-9H,3-7,14H2,1-2H3. The summed E-state index contributed by atoms with van der Waals surface area (Å²) in [4.78, 5) is 13.9. The summed E-state index contributed by atoms with van der Waals surface area (Å²) < 4.78 is 2.94. The highest BCUT2D eigenvalue weighted by Crippen LogP contribution is 2.17. The molecule has 0 aliphatic carbocycles. The highest BCUT2D eigenvalue weighted by Gasteiger charge is 2.16. The molecule has 1 aromatic heterocycles. The van der Waals surface area contributed by atoms with Crippen molar-refractivity contribution in [3.63, 3.8) is 0 Å². The second-order valence-electron chi connectivity index (χ2n) is 4.11. The average molecular weight is 302 g/mol. The Morgan fingerprint density at radius 2 is 2.29 bits per heavy atom. The van der Waals surface area contributed by atoms with Crippen LogP contribution in [0.3, 0.4) is 0 Å². The van der Waals surface area contributed by atoms with Gasteiger partial charge in [0.25, 0.3) is 5.91 Å². The predicted octanol–water partition coefficient (Wildman–Crippen LogP) is 2.08. The highest BCUT2D eigenvalue weighted by molar-refractivity contribution is 9.10. The lowest BCUT2D eigenvalue weighted by Crippen LogP contribution is -2.30. The molecule has 1 aromatic rings. The first-order chi connectivity index (χ1) is 8.10. The van der Waals surface area contributed by atoms with Gasteiger partial charge in [-0.15, -0.1) is 0 Å². The molecule has 0 atom stereocenters. The number of hydrogen-bond donors (Lipinski definition) is 1. The zero-order valence-electron chi connectivity index (χ0n) is 10.4. The van der Waals surface area contributed by atoms with Crippen molar-refractivity contribution in [1.29, 1.82) is 0 Å². The molecule has 0 saturated carbocycles. The van der Waals surface area contributed by atoms with Crippen LogP contribution in [-0.4, -0.2) is 35.5 Å². The third kappa shape index (κ3) is 3.85. The Hall–Kier alpha value is -0.810. The van der Waals surface area contributed by atoms with Gasteiger partial charge < -0.3 is 15.2 Å². The summed E-state index contributed by atoms with van der Waals surface area (Å²) in [6.07, 6.45) is 3.79. The van der Waals surface area contributed by atoms with Crippen molar-refractivity contribution < 1.29 is 4.79 Å². The molecule has 0 aliphatic heterocycles. The van der Waals surface area contributed by atoms with Gasteiger partial charge in [-0.05, 0) is 41.4 Å². The molecule has 0 spiro atoms. The van der Waals surface area contributed by atoms with Crippen molar-refractivity contribution in [2.75, 3.05) is 20.1 Å². The van der Waals surface area contributed by atoms with Crippen molar-refractivity contribution >= 4 is 21.8 Å². The Bertz CT molecular complexity index is 376. The average Bonchev–Trinajstić information content (AvgIpc) is 2.66. The zero-order valence-corrected chi connectivity index (χ0v) is 12.0. The van der Waals surface area contributed by atoms with E-state index in [-0.39, 0.29) is 5.91 Å². The first kappa shape index (κ1) is 14.3. The van der Waals surface area contributed by atoms with E-state index in [1.165, 1.54) is 0 Å². The summed E-state index contributed by atoms with van der Waals surface area (Å²) >= 11 is 3.41. The monoisotopic (exact) mass is 301 g/mol. The van der Waals surface area contributed by atoms with Crippen LogP contribution in [0.4, 0.5) is 0 Å². The molecule has 5 heteroatoms. The van der Waals surface area contributed by atoms with Crippen LogP contribution >= 0.6 is 15.9 Å². The molecule has 0 aliphatic rings. The maximum atomic E-state index is 12.2. The number of carbonyl (C=O) groups is 1. The lowest BCUT2D eigenvalue weighted by Gasteiger charge is -2.17. The number of rotatable bonds is 6. The number of amides is 1. The lowest BCUT2D eigenvalue weighted by molar-refractivity contribution is 0.0783. The number of carbonyl (C=O) groups excluding carboxylic acids is 1. The predicted molar refractivity (Wildman–Crippen MR) is 73.1 cm³/mol. The number of aryl methyl sites for hydroxylation is 1. The number of nitrogens with zero attached hydrogens (tertiary/aromatic N) is 2. The lowest BCUT2D eigenvalue weighted by atomic mass is 10.3. The van der Waals surface area contributed by atoms with Crippen LogP contribution in [0.25, 0.3) is 0 Å². The molecule has 1 rings (SSSR count). The van der Waals surface area contributed by atoms with Gasteiger partial charge in [-0.25, -0.2) is 0 Å². The molecule has 4 nitrogen and oxygen atoms in total. The quantitative estimate of drug-likeness (QED) is 0.874. The summed E-state index contributed by atoms with van der Waals surface area (Å²) in [6, 6.07) is 1.87. The van der Waals surface area contributed by atoms with E-state index in [4.69, 9.17) is 5.73 Å². The van der Waals surface area contributed by atoms with E-state index in [0.29, 0.717) is 13.1 Å². The van der Waals surface area contributed by atoms with Gasteiger partial charge in [0.05, 0.1) is 0 Å². The molecule has 0 aromatic carbocycles. The van der Waals surface area contributed by atoms with Crippen molar-refractivity contribution in [3.05, 3.63) is 22.4 Å². The van der Waals surface area contributed by atoms with Crippen molar-refractivity contribution in [2.24, 2.45) is 5.73 Å². The SMILES string of the molecule is CCCn1cc(Br)cc1C(=O)N(C)CCCN. The first-order valence-corrected chi connectivity index (χ1v) is 6.70. The minimum atomic E-state index is 0.0533. The molecule has 0 unspecified atom stereocenters. The van der Waals surface area contributed by atoms with Crippen molar-refractivity contribution in [3.8, 4) is 0 Å². The van der Waals surface area contributed by atoms with Crippen LogP contribution in [0, 0.1) is 0 Å². The van der Waals surface area contributed by atoms with Crippen LogP contribution in [0.15, 0.2) is 16.7 Å². The molecule has 0 saturated heterocycles. The van der Waals surface area contributed by atoms with Gasteiger partial charge >= 0.3 is 0 Å². The maximum Gasteiger partial charge on any atom is 0.270 e. The van der Waals surface area contributed by atoms with E-state index in [0.717, 1.165) is 29.6 Å². The smallest absolute Gasteiger partial charge is 0.270 e. The Labute approximate surface area is 111 Å². The molecule has 96 valence electrons. The van der Waals surface area contributed by atoms with Crippen LogP contribution < -0.4 is 5.73 Å². The van der Waals surface area contributed by atoms with Crippen LogP contribution in [0.1, 0.15) is 30.3 Å².